The van der Waals surface area contributed by atoms with Crippen LogP contribution in [0.3, 0.4) is 0 Å². The van der Waals surface area contributed by atoms with Crippen molar-refractivity contribution in [2.45, 2.75) is 38.3 Å². The van der Waals surface area contributed by atoms with E-state index in [4.69, 9.17) is 11.5 Å². The smallest absolute Gasteiger partial charge is 0.0549 e. The minimum absolute atomic E-state index is 0.0645. The van der Waals surface area contributed by atoms with Crippen LogP contribution in [0.15, 0.2) is 0 Å². The van der Waals surface area contributed by atoms with Gasteiger partial charge < -0.3 is 11.5 Å². The summed E-state index contributed by atoms with van der Waals surface area (Å²) in [6, 6.07) is 0. The van der Waals surface area contributed by atoms with Crippen molar-refractivity contribution in [3.63, 3.8) is 0 Å². The van der Waals surface area contributed by atoms with Gasteiger partial charge in [-0.25, -0.2) is 0 Å². The summed E-state index contributed by atoms with van der Waals surface area (Å²) in [7, 11) is 0. The Labute approximate surface area is 56.6 Å². The zero-order valence-corrected chi connectivity index (χ0v) is 5.84. The van der Waals surface area contributed by atoms with E-state index in [1.54, 1.807) is 0 Å². The van der Waals surface area contributed by atoms with Crippen LogP contribution in [0.2, 0.25) is 0 Å². The standard InChI is InChI=1S/C7H16N2/c8-7(9)6-4-2-1-3-5-6/h6-7H,1-5,8-9H2. The molecule has 0 aromatic rings. The molecule has 1 rings (SSSR count). The Morgan fingerprint density at radius 3 is 1.89 bits per heavy atom. The Kier molecular flexibility index (Phi) is 2.49. The zero-order chi connectivity index (χ0) is 6.69. The normalized spacial score (nSPS) is 23.0. The van der Waals surface area contributed by atoms with E-state index >= 15 is 0 Å². The van der Waals surface area contributed by atoms with E-state index < -0.39 is 0 Å². The molecular formula is C7H16N2. The van der Waals surface area contributed by atoms with E-state index in [0.29, 0.717) is 5.92 Å². The summed E-state index contributed by atoms with van der Waals surface area (Å²) in [6.07, 6.45) is 6.47. The summed E-state index contributed by atoms with van der Waals surface area (Å²) in [4.78, 5) is 0. The highest BCUT2D eigenvalue weighted by Gasteiger charge is 2.16. The summed E-state index contributed by atoms with van der Waals surface area (Å²) in [5, 5.41) is 0. The number of hydrogen-bond donors (Lipinski definition) is 2. The van der Waals surface area contributed by atoms with E-state index in [0.717, 1.165) is 0 Å². The van der Waals surface area contributed by atoms with Gasteiger partial charge in [-0.15, -0.1) is 0 Å². The molecule has 0 amide bonds. The maximum Gasteiger partial charge on any atom is 0.0549 e. The van der Waals surface area contributed by atoms with Gasteiger partial charge in [0.25, 0.3) is 0 Å². The van der Waals surface area contributed by atoms with Gasteiger partial charge in [0.2, 0.25) is 0 Å². The molecule has 0 saturated heterocycles. The largest absolute Gasteiger partial charge is 0.316 e. The molecule has 1 aliphatic rings. The van der Waals surface area contributed by atoms with Crippen LogP contribution in [0.1, 0.15) is 32.1 Å². The monoisotopic (exact) mass is 128 g/mol. The molecule has 0 heterocycles. The van der Waals surface area contributed by atoms with Gasteiger partial charge >= 0.3 is 0 Å². The molecule has 0 spiro atoms. The first-order chi connectivity index (χ1) is 4.30. The Morgan fingerprint density at radius 2 is 1.56 bits per heavy atom. The minimum Gasteiger partial charge on any atom is -0.316 e. The SMILES string of the molecule is NC(N)C1CCCCC1. The summed E-state index contributed by atoms with van der Waals surface area (Å²) in [5.74, 6) is 0.610. The second-order valence-electron chi connectivity index (χ2n) is 2.98. The fraction of sp³-hybridized carbons (Fsp3) is 1.00. The molecule has 0 atom stereocenters. The third kappa shape index (κ3) is 1.95. The third-order valence-electron chi connectivity index (χ3n) is 2.19. The third-order valence-corrected chi connectivity index (χ3v) is 2.19. The number of nitrogens with two attached hydrogens (primary N) is 2. The van der Waals surface area contributed by atoms with Gasteiger partial charge in [-0.3, -0.25) is 0 Å². The average Bonchev–Trinajstić information content (AvgIpc) is 1.90. The molecule has 2 heteroatoms. The Hall–Kier alpha value is -0.0800. The quantitative estimate of drug-likeness (QED) is 0.513. The van der Waals surface area contributed by atoms with Crippen LogP contribution in [0.4, 0.5) is 0 Å². The van der Waals surface area contributed by atoms with Gasteiger partial charge in [0.15, 0.2) is 0 Å². The second-order valence-corrected chi connectivity index (χ2v) is 2.98. The lowest BCUT2D eigenvalue weighted by molar-refractivity contribution is 0.309. The number of hydrogen-bond acceptors (Lipinski definition) is 2. The predicted octanol–water partition coefficient (Wildman–Crippen LogP) is 0.810. The van der Waals surface area contributed by atoms with Crippen LogP contribution >= 0.6 is 0 Å². The predicted molar refractivity (Wildman–Crippen MR) is 38.7 cm³/mol. The molecule has 0 aliphatic heterocycles. The average molecular weight is 128 g/mol. The van der Waals surface area contributed by atoms with Crippen molar-refractivity contribution in [3.05, 3.63) is 0 Å². The van der Waals surface area contributed by atoms with Crippen LogP contribution in [0.25, 0.3) is 0 Å². The molecule has 54 valence electrons. The molecule has 0 aromatic carbocycles. The summed E-state index contributed by atoms with van der Waals surface area (Å²) < 4.78 is 0. The highest BCUT2D eigenvalue weighted by atomic mass is 14.9. The van der Waals surface area contributed by atoms with E-state index in [-0.39, 0.29) is 6.17 Å². The lowest BCUT2D eigenvalue weighted by Gasteiger charge is -2.24. The maximum atomic E-state index is 5.54. The van der Waals surface area contributed by atoms with Crippen LogP contribution < -0.4 is 11.5 Å². The first-order valence-electron chi connectivity index (χ1n) is 3.82. The molecular weight excluding hydrogens is 112 g/mol. The van der Waals surface area contributed by atoms with Gasteiger partial charge in [-0.2, -0.15) is 0 Å². The molecule has 4 N–H and O–H groups in total. The van der Waals surface area contributed by atoms with Gasteiger partial charge in [-0.05, 0) is 18.8 Å². The molecule has 9 heavy (non-hydrogen) atoms. The second kappa shape index (κ2) is 3.18. The lowest BCUT2D eigenvalue weighted by Crippen LogP contribution is -2.39. The fourth-order valence-corrected chi connectivity index (χ4v) is 1.52. The van der Waals surface area contributed by atoms with E-state index in [2.05, 4.69) is 0 Å². The van der Waals surface area contributed by atoms with Crippen LogP contribution in [-0.4, -0.2) is 6.17 Å². The molecule has 0 bridgehead atoms. The van der Waals surface area contributed by atoms with Crippen LogP contribution in [-0.2, 0) is 0 Å². The molecule has 2 nitrogen and oxygen atoms in total. The van der Waals surface area contributed by atoms with Crippen molar-refractivity contribution in [2.75, 3.05) is 0 Å². The molecule has 0 aromatic heterocycles. The van der Waals surface area contributed by atoms with Crippen molar-refractivity contribution in [1.82, 2.24) is 0 Å². The van der Waals surface area contributed by atoms with Crippen LogP contribution in [0, 0.1) is 5.92 Å². The van der Waals surface area contributed by atoms with Crippen LogP contribution in [0.5, 0.6) is 0 Å². The van der Waals surface area contributed by atoms with Crippen molar-refractivity contribution in [2.24, 2.45) is 17.4 Å². The molecule has 1 aliphatic carbocycles. The summed E-state index contributed by atoms with van der Waals surface area (Å²) in [6.45, 7) is 0. The highest BCUT2D eigenvalue weighted by Crippen LogP contribution is 2.23. The summed E-state index contributed by atoms with van der Waals surface area (Å²) >= 11 is 0. The molecule has 0 unspecified atom stereocenters. The topological polar surface area (TPSA) is 52.0 Å². The minimum atomic E-state index is -0.0645. The highest BCUT2D eigenvalue weighted by molar-refractivity contribution is 4.71. The fourth-order valence-electron chi connectivity index (χ4n) is 1.52. The maximum absolute atomic E-state index is 5.54. The zero-order valence-electron chi connectivity index (χ0n) is 5.84. The van der Waals surface area contributed by atoms with Crippen molar-refractivity contribution in [3.8, 4) is 0 Å². The van der Waals surface area contributed by atoms with Gasteiger partial charge in [-0.1, -0.05) is 19.3 Å². The Bertz CT molecular complexity index is 75.0. The Morgan fingerprint density at radius 1 is 1.00 bits per heavy atom. The molecule has 0 radical (unpaired) electrons. The van der Waals surface area contributed by atoms with Gasteiger partial charge in [0.1, 0.15) is 0 Å². The number of rotatable bonds is 1. The van der Waals surface area contributed by atoms with Gasteiger partial charge in [0.05, 0.1) is 6.17 Å². The molecule has 1 saturated carbocycles. The lowest BCUT2D eigenvalue weighted by atomic mass is 9.87. The summed E-state index contributed by atoms with van der Waals surface area (Å²) in [5.41, 5.74) is 11.1. The van der Waals surface area contributed by atoms with Crippen molar-refractivity contribution in [1.29, 1.82) is 0 Å². The van der Waals surface area contributed by atoms with E-state index in [9.17, 15) is 0 Å². The first-order valence-corrected chi connectivity index (χ1v) is 3.82. The van der Waals surface area contributed by atoms with Gasteiger partial charge in [0, 0.05) is 0 Å². The van der Waals surface area contributed by atoms with E-state index in [1.165, 1.54) is 32.1 Å². The molecule has 1 fully saturated rings. The Balaban J connectivity index is 2.23. The van der Waals surface area contributed by atoms with E-state index in [1.807, 2.05) is 0 Å². The van der Waals surface area contributed by atoms with Crippen molar-refractivity contribution < 1.29 is 0 Å². The van der Waals surface area contributed by atoms with Crippen molar-refractivity contribution >= 4 is 0 Å². The first kappa shape index (κ1) is 7.03.